The summed E-state index contributed by atoms with van der Waals surface area (Å²) < 4.78 is 39.6. The number of hydrogen-bond donors (Lipinski definition) is 1. The van der Waals surface area contributed by atoms with Crippen LogP contribution >= 0.6 is 0 Å². The number of carbonyl (C=O) groups is 3. The van der Waals surface area contributed by atoms with Crippen molar-refractivity contribution in [3.63, 3.8) is 0 Å². The van der Waals surface area contributed by atoms with Gasteiger partial charge in [-0.25, -0.2) is 0 Å². The van der Waals surface area contributed by atoms with Crippen molar-refractivity contribution in [2.24, 2.45) is 11.8 Å². The van der Waals surface area contributed by atoms with Gasteiger partial charge in [0.2, 0.25) is 17.7 Å². The predicted octanol–water partition coefficient (Wildman–Crippen LogP) is 3.42. The van der Waals surface area contributed by atoms with Crippen molar-refractivity contribution in [3.05, 3.63) is 23.8 Å². The molecule has 0 radical (unpaired) electrons. The summed E-state index contributed by atoms with van der Waals surface area (Å²) in [5.74, 6) is -2.09. The number of anilines is 2. The quantitative estimate of drug-likeness (QED) is 0.754. The lowest BCUT2D eigenvalue weighted by Crippen LogP contribution is -2.38. The minimum Gasteiger partial charge on any atom is -0.370 e. The van der Waals surface area contributed by atoms with Gasteiger partial charge in [0.05, 0.1) is 28.8 Å². The van der Waals surface area contributed by atoms with E-state index in [-0.39, 0.29) is 29.3 Å². The lowest BCUT2D eigenvalue weighted by atomic mass is 9.81. The third-order valence-corrected chi connectivity index (χ3v) is 6.28. The van der Waals surface area contributed by atoms with Crippen molar-refractivity contribution in [3.8, 4) is 0 Å². The number of nitrogens with zero attached hydrogens (tertiary/aromatic N) is 2. The van der Waals surface area contributed by atoms with E-state index < -0.39 is 24.2 Å². The number of rotatable bonds is 4. The Balaban J connectivity index is 1.53. The Morgan fingerprint density at radius 3 is 2.17 bits per heavy atom. The Bertz CT molecular complexity index is 841. The first-order valence-electron chi connectivity index (χ1n) is 10.4. The second-order valence-corrected chi connectivity index (χ2v) is 8.23. The summed E-state index contributed by atoms with van der Waals surface area (Å²) >= 11 is 0. The molecule has 2 aliphatic heterocycles. The summed E-state index contributed by atoms with van der Waals surface area (Å²) in [5, 5.41) is 2.52. The largest absolute Gasteiger partial charge is 0.416 e. The maximum Gasteiger partial charge on any atom is 0.416 e. The Kier molecular flexibility index (Phi) is 5.46. The van der Waals surface area contributed by atoms with Crippen LogP contribution in [0.25, 0.3) is 0 Å². The van der Waals surface area contributed by atoms with Gasteiger partial charge in [-0.05, 0) is 43.9 Å². The van der Waals surface area contributed by atoms with Crippen molar-refractivity contribution in [1.82, 2.24) is 4.90 Å². The Morgan fingerprint density at radius 1 is 1.00 bits per heavy atom. The van der Waals surface area contributed by atoms with Crippen molar-refractivity contribution in [1.29, 1.82) is 0 Å². The molecule has 0 aromatic heterocycles. The molecule has 1 aromatic carbocycles. The van der Waals surface area contributed by atoms with E-state index in [1.54, 1.807) is 0 Å². The van der Waals surface area contributed by atoms with Crippen LogP contribution in [-0.2, 0) is 20.6 Å². The molecule has 9 heteroatoms. The highest BCUT2D eigenvalue weighted by atomic mass is 19.4. The molecule has 2 atom stereocenters. The summed E-state index contributed by atoms with van der Waals surface area (Å²) in [6.07, 6.45) is 0.342. The topological polar surface area (TPSA) is 69.7 Å². The first-order valence-corrected chi connectivity index (χ1v) is 10.4. The van der Waals surface area contributed by atoms with Crippen LogP contribution in [-0.4, -0.2) is 42.3 Å². The molecule has 3 amide bonds. The minimum atomic E-state index is -4.54. The molecule has 3 aliphatic rings. The molecule has 30 heavy (non-hydrogen) atoms. The van der Waals surface area contributed by atoms with E-state index in [4.69, 9.17) is 0 Å². The average molecular weight is 423 g/mol. The van der Waals surface area contributed by atoms with Crippen molar-refractivity contribution < 1.29 is 27.6 Å². The minimum absolute atomic E-state index is 0.0493. The highest BCUT2D eigenvalue weighted by Gasteiger charge is 2.48. The molecule has 1 aromatic rings. The van der Waals surface area contributed by atoms with Crippen LogP contribution in [0.15, 0.2) is 18.2 Å². The maximum atomic E-state index is 13.2. The van der Waals surface area contributed by atoms with E-state index in [9.17, 15) is 27.6 Å². The van der Waals surface area contributed by atoms with Crippen LogP contribution in [0.3, 0.4) is 0 Å². The van der Waals surface area contributed by atoms with Gasteiger partial charge >= 0.3 is 6.18 Å². The zero-order valence-corrected chi connectivity index (χ0v) is 16.5. The molecule has 3 fully saturated rings. The van der Waals surface area contributed by atoms with Crippen molar-refractivity contribution in [2.45, 2.75) is 44.7 Å². The average Bonchev–Trinajstić information content (AvgIpc) is 3.31. The van der Waals surface area contributed by atoms with Gasteiger partial charge < -0.3 is 10.2 Å². The fraction of sp³-hybridized carbons (Fsp3) is 0.571. The third-order valence-electron chi connectivity index (χ3n) is 6.28. The number of amides is 3. The number of alkyl halides is 3. The van der Waals surface area contributed by atoms with E-state index >= 15 is 0 Å². The van der Waals surface area contributed by atoms with Gasteiger partial charge in [0.25, 0.3) is 0 Å². The molecular formula is C21H24F3N3O3. The van der Waals surface area contributed by atoms with E-state index in [0.29, 0.717) is 31.6 Å². The summed E-state index contributed by atoms with van der Waals surface area (Å²) in [6.45, 7) is 0.918. The van der Waals surface area contributed by atoms with Gasteiger partial charge in [-0.2, -0.15) is 13.2 Å². The zero-order valence-electron chi connectivity index (χ0n) is 16.5. The summed E-state index contributed by atoms with van der Waals surface area (Å²) in [4.78, 5) is 40.7. The molecule has 0 bridgehead atoms. The molecule has 2 heterocycles. The molecule has 162 valence electrons. The van der Waals surface area contributed by atoms with Crippen LogP contribution in [0.2, 0.25) is 0 Å². The van der Waals surface area contributed by atoms with Crippen LogP contribution in [0.5, 0.6) is 0 Å². The fourth-order valence-corrected chi connectivity index (χ4v) is 4.77. The van der Waals surface area contributed by atoms with Gasteiger partial charge in [0.15, 0.2) is 0 Å². The number of benzene rings is 1. The summed E-state index contributed by atoms with van der Waals surface area (Å²) in [6, 6.07) is 3.28. The van der Waals surface area contributed by atoms with Gasteiger partial charge in [-0.1, -0.05) is 12.8 Å². The number of fused-ring (bicyclic) bond motifs is 1. The summed E-state index contributed by atoms with van der Waals surface area (Å²) in [7, 11) is 0. The molecule has 1 aliphatic carbocycles. The third kappa shape index (κ3) is 3.89. The molecular weight excluding hydrogens is 399 g/mol. The maximum absolute atomic E-state index is 13.2. The van der Waals surface area contributed by atoms with Crippen molar-refractivity contribution >= 4 is 29.1 Å². The predicted molar refractivity (Wildman–Crippen MR) is 104 cm³/mol. The standard InChI is InChI=1S/C21H24F3N3O3/c22-21(23,24)13-7-8-17(26-9-3-4-10-26)16(11-13)25-18(28)12-27-19(29)14-5-1-2-6-15(14)20(27)30/h7-8,11,14-15H,1-6,9-10,12H2,(H,25,28)/t14-,15-/m0/s1. The first-order chi connectivity index (χ1) is 14.3. The van der Waals surface area contributed by atoms with Crippen molar-refractivity contribution in [2.75, 3.05) is 29.9 Å². The Morgan fingerprint density at radius 2 is 1.60 bits per heavy atom. The molecule has 2 saturated heterocycles. The van der Waals surface area contributed by atoms with Crippen LogP contribution < -0.4 is 10.2 Å². The molecule has 1 saturated carbocycles. The fourth-order valence-electron chi connectivity index (χ4n) is 4.77. The number of carbonyl (C=O) groups excluding carboxylic acids is 3. The van der Waals surface area contributed by atoms with Crippen LogP contribution in [0.1, 0.15) is 44.1 Å². The molecule has 0 unspecified atom stereocenters. The second kappa shape index (κ2) is 7.92. The van der Waals surface area contributed by atoms with Gasteiger partial charge in [-0.3, -0.25) is 19.3 Å². The van der Waals surface area contributed by atoms with E-state index in [1.807, 2.05) is 4.90 Å². The highest BCUT2D eigenvalue weighted by molar-refractivity contribution is 6.09. The first kappa shape index (κ1) is 20.7. The molecule has 0 spiro atoms. The van der Waals surface area contributed by atoms with Gasteiger partial charge in [0, 0.05) is 13.1 Å². The summed E-state index contributed by atoms with van der Waals surface area (Å²) in [5.41, 5.74) is -0.296. The zero-order chi connectivity index (χ0) is 21.5. The molecule has 1 N–H and O–H groups in total. The highest BCUT2D eigenvalue weighted by Crippen LogP contribution is 2.39. The monoisotopic (exact) mass is 423 g/mol. The van der Waals surface area contributed by atoms with E-state index in [2.05, 4.69) is 5.32 Å². The lowest BCUT2D eigenvalue weighted by Gasteiger charge is -2.23. The number of nitrogens with one attached hydrogen (secondary N) is 1. The Labute approximate surface area is 172 Å². The normalized spacial score (nSPS) is 24.4. The number of halogens is 3. The van der Waals surface area contributed by atoms with Crippen LogP contribution in [0, 0.1) is 11.8 Å². The smallest absolute Gasteiger partial charge is 0.370 e. The van der Waals surface area contributed by atoms with Gasteiger partial charge in [0.1, 0.15) is 6.54 Å². The number of imide groups is 1. The SMILES string of the molecule is O=C(CN1C(=O)[C@H]2CCCC[C@@H]2C1=O)Nc1cc(C(F)(F)F)ccc1N1CCCC1. The van der Waals surface area contributed by atoms with Gasteiger partial charge in [-0.15, -0.1) is 0 Å². The second-order valence-electron chi connectivity index (χ2n) is 8.23. The molecule has 6 nitrogen and oxygen atoms in total. The number of hydrogen-bond acceptors (Lipinski definition) is 4. The Hall–Kier alpha value is -2.58. The lowest BCUT2D eigenvalue weighted by molar-refractivity contribution is -0.142. The van der Waals surface area contributed by atoms with Crippen LogP contribution in [0.4, 0.5) is 24.5 Å². The van der Waals surface area contributed by atoms with E-state index in [1.165, 1.54) is 6.07 Å². The van der Waals surface area contributed by atoms with E-state index in [0.717, 1.165) is 42.7 Å². The molecule has 4 rings (SSSR count). The number of likely N-dealkylation sites (tertiary alicyclic amines) is 1.